The molecule has 0 radical (unpaired) electrons. The molecule has 1 N–H and O–H groups in total. The van der Waals surface area contributed by atoms with Gasteiger partial charge in [0.05, 0.1) is 24.8 Å². The Bertz CT molecular complexity index is 479. The lowest BCUT2D eigenvalue weighted by atomic mass is 10.2. The maximum absolute atomic E-state index is 5.35. The quantitative estimate of drug-likeness (QED) is 0.825. The Labute approximate surface area is 98.0 Å². The molecule has 0 saturated carbocycles. The van der Waals surface area contributed by atoms with Crippen molar-refractivity contribution in [1.29, 1.82) is 0 Å². The van der Waals surface area contributed by atoms with Crippen molar-refractivity contribution in [3.8, 4) is 11.5 Å². The number of hydrogen-bond acceptors (Lipinski definition) is 6. The zero-order valence-corrected chi connectivity index (χ0v) is 9.17. The summed E-state index contributed by atoms with van der Waals surface area (Å²) < 4.78 is 10.6. The van der Waals surface area contributed by atoms with Crippen molar-refractivity contribution in [2.45, 2.75) is 6.04 Å². The van der Waals surface area contributed by atoms with Crippen LogP contribution in [0.5, 0.6) is 0 Å². The Morgan fingerprint density at radius 2 is 2.41 bits per heavy atom. The molecule has 1 aliphatic heterocycles. The minimum atomic E-state index is 0.0120. The monoisotopic (exact) mass is 232 g/mol. The molecule has 0 bridgehead atoms. The second-order valence-corrected chi connectivity index (χ2v) is 3.78. The lowest BCUT2D eigenvalue weighted by Crippen LogP contribution is -2.35. The van der Waals surface area contributed by atoms with Gasteiger partial charge in [-0.15, -0.1) is 0 Å². The summed E-state index contributed by atoms with van der Waals surface area (Å²) in [5.41, 5.74) is 0.822. The van der Waals surface area contributed by atoms with Crippen molar-refractivity contribution in [1.82, 2.24) is 20.4 Å². The molecule has 0 amide bonds. The van der Waals surface area contributed by atoms with Crippen LogP contribution < -0.4 is 5.32 Å². The van der Waals surface area contributed by atoms with Crippen molar-refractivity contribution in [3.05, 3.63) is 30.4 Å². The van der Waals surface area contributed by atoms with E-state index < -0.39 is 0 Å². The van der Waals surface area contributed by atoms with Crippen LogP contribution in [-0.4, -0.2) is 34.9 Å². The summed E-state index contributed by atoms with van der Waals surface area (Å²) in [4.78, 5) is 8.36. The Balaban J connectivity index is 1.83. The first-order valence-corrected chi connectivity index (χ1v) is 5.48. The molecule has 17 heavy (non-hydrogen) atoms. The highest BCUT2D eigenvalue weighted by Crippen LogP contribution is 2.19. The number of pyridine rings is 1. The van der Waals surface area contributed by atoms with Gasteiger partial charge in [-0.05, 0) is 12.1 Å². The fraction of sp³-hybridized carbons (Fsp3) is 0.364. The van der Waals surface area contributed by atoms with E-state index in [9.17, 15) is 0 Å². The molecule has 1 unspecified atom stereocenters. The average Bonchev–Trinajstić information content (AvgIpc) is 2.90. The minimum Gasteiger partial charge on any atom is -0.378 e. The summed E-state index contributed by atoms with van der Waals surface area (Å²) in [5, 5.41) is 7.23. The van der Waals surface area contributed by atoms with E-state index in [1.54, 1.807) is 12.4 Å². The first-order valence-electron chi connectivity index (χ1n) is 5.48. The highest BCUT2D eigenvalue weighted by molar-refractivity contribution is 5.50. The number of aromatic nitrogens is 3. The van der Waals surface area contributed by atoms with Gasteiger partial charge in [0.2, 0.25) is 0 Å². The van der Waals surface area contributed by atoms with E-state index in [4.69, 9.17) is 9.26 Å². The standard InChI is InChI=1S/C11H12N4O2/c1-2-8(6-12-3-1)11-14-10(15-17-11)9-7-16-5-4-13-9/h1-3,6,9,13H,4-5,7H2. The van der Waals surface area contributed by atoms with Crippen molar-refractivity contribution in [2.75, 3.05) is 19.8 Å². The smallest absolute Gasteiger partial charge is 0.259 e. The van der Waals surface area contributed by atoms with Crippen molar-refractivity contribution >= 4 is 0 Å². The predicted octanol–water partition coefficient (Wildman–Crippen LogP) is 0.792. The molecule has 2 aromatic heterocycles. The molecular weight excluding hydrogens is 220 g/mol. The minimum absolute atomic E-state index is 0.0120. The van der Waals surface area contributed by atoms with Crippen molar-refractivity contribution in [3.63, 3.8) is 0 Å². The SMILES string of the molecule is c1cncc(-c2nc(C3COCCN3)no2)c1. The summed E-state index contributed by atoms with van der Waals surface area (Å²) in [5.74, 6) is 1.11. The number of morpholine rings is 1. The highest BCUT2D eigenvalue weighted by Gasteiger charge is 2.21. The van der Waals surface area contributed by atoms with Gasteiger partial charge in [-0.25, -0.2) is 0 Å². The van der Waals surface area contributed by atoms with Crippen LogP contribution >= 0.6 is 0 Å². The van der Waals surface area contributed by atoms with Crippen LogP contribution in [-0.2, 0) is 4.74 Å². The lowest BCUT2D eigenvalue weighted by Gasteiger charge is -2.20. The summed E-state index contributed by atoms with van der Waals surface area (Å²) >= 11 is 0. The van der Waals surface area contributed by atoms with E-state index in [0.717, 1.165) is 18.7 Å². The van der Waals surface area contributed by atoms with Gasteiger partial charge in [0.15, 0.2) is 5.82 Å². The molecule has 88 valence electrons. The molecule has 0 aromatic carbocycles. The first kappa shape index (κ1) is 10.4. The van der Waals surface area contributed by atoms with Crippen LogP contribution in [0.2, 0.25) is 0 Å². The Kier molecular flexibility index (Phi) is 2.81. The van der Waals surface area contributed by atoms with E-state index in [1.165, 1.54) is 0 Å². The molecule has 0 spiro atoms. The number of hydrogen-bond donors (Lipinski definition) is 1. The molecule has 1 saturated heterocycles. The Hall–Kier alpha value is -1.79. The predicted molar refractivity (Wildman–Crippen MR) is 59.1 cm³/mol. The topological polar surface area (TPSA) is 73.1 Å². The normalized spacial score (nSPS) is 20.4. The number of nitrogens with one attached hydrogen (secondary N) is 1. The second-order valence-electron chi connectivity index (χ2n) is 3.78. The van der Waals surface area contributed by atoms with E-state index in [2.05, 4.69) is 20.4 Å². The molecule has 3 heterocycles. The zero-order chi connectivity index (χ0) is 11.5. The third kappa shape index (κ3) is 2.17. The summed E-state index contributed by atoms with van der Waals surface area (Å²) in [7, 11) is 0. The van der Waals surface area contributed by atoms with Crippen LogP contribution in [0.3, 0.4) is 0 Å². The summed E-state index contributed by atoms with van der Waals surface area (Å²) in [6, 6.07) is 3.73. The van der Waals surface area contributed by atoms with Crippen LogP contribution in [0.1, 0.15) is 11.9 Å². The van der Waals surface area contributed by atoms with Crippen LogP contribution in [0, 0.1) is 0 Å². The van der Waals surface area contributed by atoms with E-state index in [0.29, 0.717) is 18.3 Å². The lowest BCUT2D eigenvalue weighted by molar-refractivity contribution is 0.0734. The highest BCUT2D eigenvalue weighted by atomic mass is 16.5. The van der Waals surface area contributed by atoms with Gasteiger partial charge in [0.25, 0.3) is 5.89 Å². The van der Waals surface area contributed by atoms with Crippen LogP contribution in [0.15, 0.2) is 29.0 Å². The summed E-state index contributed by atoms with van der Waals surface area (Å²) in [6.45, 7) is 2.11. The molecular formula is C11H12N4O2. The van der Waals surface area contributed by atoms with Gasteiger partial charge < -0.3 is 14.6 Å². The van der Waals surface area contributed by atoms with Crippen molar-refractivity contribution < 1.29 is 9.26 Å². The van der Waals surface area contributed by atoms with Crippen LogP contribution in [0.25, 0.3) is 11.5 Å². The fourth-order valence-corrected chi connectivity index (χ4v) is 1.71. The third-order valence-electron chi connectivity index (χ3n) is 2.58. The van der Waals surface area contributed by atoms with Gasteiger partial charge >= 0.3 is 0 Å². The molecule has 1 fully saturated rings. The van der Waals surface area contributed by atoms with Gasteiger partial charge in [-0.3, -0.25) is 4.98 Å². The number of rotatable bonds is 2. The third-order valence-corrected chi connectivity index (χ3v) is 2.58. The molecule has 6 heteroatoms. The van der Waals surface area contributed by atoms with Gasteiger partial charge in [0, 0.05) is 18.9 Å². The average molecular weight is 232 g/mol. The maximum atomic E-state index is 5.35. The molecule has 2 aromatic rings. The fourth-order valence-electron chi connectivity index (χ4n) is 1.71. The van der Waals surface area contributed by atoms with Crippen molar-refractivity contribution in [2.24, 2.45) is 0 Å². The Morgan fingerprint density at radius 3 is 3.18 bits per heavy atom. The second kappa shape index (κ2) is 4.60. The van der Waals surface area contributed by atoms with Crippen LogP contribution in [0.4, 0.5) is 0 Å². The zero-order valence-electron chi connectivity index (χ0n) is 9.17. The van der Waals surface area contributed by atoms with E-state index >= 15 is 0 Å². The van der Waals surface area contributed by atoms with Gasteiger partial charge in [-0.2, -0.15) is 4.98 Å². The largest absolute Gasteiger partial charge is 0.378 e. The number of ether oxygens (including phenoxy) is 1. The summed E-state index contributed by atoms with van der Waals surface area (Å²) in [6.07, 6.45) is 3.40. The molecule has 1 aliphatic rings. The maximum Gasteiger partial charge on any atom is 0.259 e. The van der Waals surface area contributed by atoms with E-state index in [1.807, 2.05) is 12.1 Å². The molecule has 3 rings (SSSR count). The number of nitrogens with zero attached hydrogens (tertiary/aromatic N) is 3. The van der Waals surface area contributed by atoms with Gasteiger partial charge in [0.1, 0.15) is 0 Å². The molecule has 0 aliphatic carbocycles. The van der Waals surface area contributed by atoms with E-state index in [-0.39, 0.29) is 6.04 Å². The molecule has 6 nitrogen and oxygen atoms in total. The molecule has 1 atom stereocenters. The van der Waals surface area contributed by atoms with Gasteiger partial charge in [-0.1, -0.05) is 5.16 Å². The Morgan fingerprint density at radius 1 is 1.41 bits per heavy atom. The first-order chi connectivity index (χ1) is 8.43.